The third-order valence-corrected chi connectivity index (χ3v) is 5.90. The largest absolute Gasteiger partial charge is 0.489 e. The summed E-state index contributed by atoms with van der Waals surface area (Å²) in [5.41, 5.74) is -0.422. The summed E-state index contributed by atoms with van der Waals surface area (Å²) in [4.78, 5) is 24.5. The third kappa shape index (κ3) is 7.64. The average Bonchev–Trinajstić information content (AvgIpc) is 2.95. The Labute approximate surface area is 223 Å². The number of hydrogen-bond acceptors (Lipinski definition) is 6. The molecule has 0 aromatic heterocycles. The second-order valence-corrected chi connectivity index (χ2v) is 8.70. The van der Waals surface area contributed by atoms with Gasteiger partial charge in [0.15, 0.2) is 6.29 Å². The normalized spacial score (nSPS) is 13.3. The number of ether oxygens (including phenoxy) is 3. The Kier molecular flexibility index (Phi) is 10.8. The third-order valence-electron chi connectivity index (χ3n) is 5.90. The van der Waals surface area contributed by atoms with Gasteiger partial charge in [-0.15, -0.1) is 0 Å². The molecule has 0 fully saturated rings. The number of benzene rings is 3. The molecule has 202 valence electrons. The van der Waals surface area contributed by atoms with Crippen molar-refractivity contribution in [2.24, 2.45) is 0 Å². The zero-order chi connectivity index (χ0) is 27.4. The molecule has 8 nitrogen and oxygen atoms in total. The Morgan fingerprint density at radius 1 is 0.921 bits per heavy atom. The maximum atomic E-state index is 12.5. The molecule has 3 aromatic carbocycles. The summed E-state index contributed by atoms with van der Waals surface area (Å²) in [5.74, 6) is -1.16. The minimum absolute atomic E-state index is 0.187. The van der Waals surface area contributed by atoms with Gasteiger partial charge in [0.25, 0.3) is 5.91 Å². The SMILES string of the molecule is CCCOC(CCNC(=O)c1ccc(COc2cccc([C@@](O)(C(=O)O)c3ccccc3)c2)cc1)OCC. The first kappa shape index (κ1) is 28.8. The summed E-state index contributed by atoms with van der Waals surface area (Å²) < 4.78 is 17.0. The number of carbonyl (C=O) groups excluding carboxylic acids is 1. The molecule has 0 radical (unpaired) electrons. The fourth-order valence-corrected chi connectivity index (χ4v) is 3.88. The van der Waals surface area contributed by atoms with E-state index in [2.05, 4.69) is 5.32 Å². The molecule has 0 aliphatic heterocycles. The van der Waals surface area contributed by atoms with Gasteiger partial charge in [0.05, 0.1) is 0 Å². The summed E-state index contributed by atoms with van der Waals surface area (Å²) in [6.07, 6.45) is 1.12. The van der Waals surface area contributed by atoms with Crippen molar-refractivity contribution < 1.29 is 34.0 Å². The fraction of sp³-hybridized carbons (Fsp3) is 0.333. The van der Waals surface area contributed by atoms with E-state index in [1.807, 2.05) is 13.8 Å². The number of amides is 1. The van der Waals surface area contributed by atoms with Crippen LogP contribution in [-0.2, 0) is 26.5 Å². The molecule has 0 aliphatic rings. The lowest BCUT2D eigenvalue weighted by molar-refractivity contribution is -0.155. The maximum Gasteiger partial charge on any atom is 0.345 e. The summed E-state index contributed by atoms with van der Waals surface area (Å²) in [6, 6.07) is 21.7. The number of carboxylic acid groups (broad SMARTS) is 1. The Balaban J connectivity index is 1.57. The second-order valence-electron chi connectivity index (χ2n) is 8.70. The first-order valence-electron chi connectivity index (χ1n) is 12.7. The van der Waals surface area contributed by atoms with E-state index in [4.69, 9.17) is 14.2 Å². The van der Waals surface area contributed by atoms with Crippen LogP contribution in [0.5, 0.6) is 5.75 Å². The van der Waals surface area contributed by atoms with Gasteiger partial charge in [0, 0.05) is 37.3 Å². The number of aliphatic hydroxyl groups is 1. The number of rotatable bonds is 15. The predicted molar refractivity (Wildman–Crippen MR) is 143 cm³/mol. The fourth-order valence-electron chi connectivity index (χ4n) is 3.88. The van der Waals surface area contributed by atoms with Crippen LogP contribution in [0.1, 0.15) is 53.7 Å². The minimum atomic E-state index is -2.21. The van der Waals surface area contributed by atoms with E-state index in [0.29, 0.717) is 37.5 Å². The van der Waals surface area contributed by atoms with Crippen molar-refractivity contribution in [1.29, 1.82) is 0 Å². The lowest BCUT2D eigenvalue weighted by Gasteiger charge is -2.25. The predicted octanol–water partition coefficient (Wildman–Crippen LogP) is 4.50. The van der Waals surface area contributed by atoms with E-state index in [1.54, 1.807) is 72.8 Å². The Hall–Kier alpha value is -3.72. The highest BCUT2D eigenvalue weighted by molar-refractivity contribution is 5.94. The topological polar surface area (TPSA) is 114 Å². The Morgan fingerprint density at radius 2 is 1.63 bits per heavy atom. The number of carboxylic acids is 1. The lowest BCUT2D eigenvalue weighted by atomic mass is 9.86. The maximum absolute atomic E-state index is 12.5. The number of nitrogens with one attached hydrogen (secondary N) is 1. The molecule has 2 atom stereocenters. The van der Waals surface area contributed by atoms with Gasteiger partial charge < -0.3 is 29.7 Å². The molecule has 0 bridgehead atoms. The monoisotopic (exact) mass is 521 g/mol. The van der Waals surface area contributed by atoms with E-state index >= 15 is 0 Å². The zero-order valence-electron chi connectivity index (χ0n) is 21.8. The lowest BCUT2D eigenvalue weighted by Crippen LogP contribution is -2.36. The van der Waals surface area contributed by atoms with Gasteiger partial charge in [-0.3, -0.25) is 4.79 Å². The zero-order valence-corrected chi connectivity index (χ0v) is 21.8. The number of aliphatic carboxylic acids is 1. The van der Waals surface area contributed by atoms with Crippen molar-refractivity contribution in [3.8, 4) is 5.75 Å². The number of carbonyl (C=O) groups is 2. The summed E-state index contributed by atoms with van der Waals surface area (Å²) >= 11 is 0. The van der Waals surface area contributed by atoms with Crippen LogP contribution in [0.3, 0.4) is 0 Å². The van der Waals surface area contributed by atoms with E-state index in [-0.39, 0.29) is 29.9 Å². The van der Waals surface area contributed by atoms with Gasteiger partial charge >= 0.3 is 5.97 Å². The van der Waals surface area contributed by atoms with Crippen molar-refractivity contribution in [3.63, 3.8) is 0 Å². The van der Waals surface area contributed by atoms with Gasteiger partial charge in [-0.1, -0.05) is 61.5 Å². The molecule has 8 heteroatoms. The summed E-state index contributed by atoms with van der Waals surface area (Å²) in [5, 5.41) is 23.8. The molecule has 1 amide bonds. The molecular formula is C30H35NO7. The van der Waals surface area contributed by atoms with Gasteiger partial charge in [-0.05, 0) is 48.7 Å². The van der Waals surface area contributed by atoms with E-state index in [9.17, 15) is 19.8 Å². The van der Waals surface area contributed by atoms with Crippen molar-refractivity contribution in [2.75, 3.05) is 19.8 Å². The molecule has 0 aliphatic carbocycles. The van der Waals surface area contributed by atoms with Crippen LogP contribution in [-0.4, -0.2) is 48.1 Å². The van der Waals surface area contributed by atoms with Crippen LogP contribution in [0.25, 0.3) is 0 Å². The van der Waals surface area contributed by atoms with E-state index < -0.39 is 11.6 Å². The average molecular weight is 522 g/mol. The highest BCUT2D eigenvalue weighted by Gasteiger charge is 2.40. The van der Waals surface area contributed by atoms with Crippen molar-refractivity contribution in [1.82, 2.24) is 5.32 Å². The van der Waals surface area contributed by atoms with Gasteiger partial charge in [0.1, 0.15) is 12.4 Å². The van der Waals surface area contributed by atoms with Gasteiger partial charge in [-0.25, -0.2) is 4.79 Å². The molecule has 0 heterocycles. The Bertz CT molecular complexity index is 1170. The Morgan fingerprint density at radius 3 is 2.29 bits per heavy atom. The van der Waals surface area contributed by atoms with Gasteiger partial charge in [-0.2, -0.15) is 0 Å². The highest BCUT2D eigenvalue weighted by atomic mass is 16.7. The smallest absolute Gasteiger partial charge is 0.345 e. The molecule has 3 N–H and O–H groups in total. The van der Waals surface area contributed by atoms with Crippen molar-refractivity contribution in [2.45, 2.75) is 45.2 Å². The van der Waals surface area contributed by atoms with Crippen LogP contribution < -0.4 is 10.1 Å². The molecule has 0 saturated carbocycles. The molecule has 0 saturated heterocycles. The van der Waals surface area contributed by atoms with E-state index in [1.165, 1.54) is 6.07 Å². The quantitative estimate of drug-likeness (QED) is 0.252. The molecule has 3 rings (SSSR count). The van der Waals surface area contributed by atoms with Crippen LogP contribution in [0.15, 0.2) is 78.9 Å². The minimum Gasteiger partial charge on any atom is -0.489 e. The van der Waals surface area contributed by atoms with E-state index in [0.717, 1.165) is 12.0 Å². The second kappa shape index (κ2) is 14.3. The van der Waals surface area contributed by atoms with Crippen molar-refractivity contribution >= 4 is 11.9 Å². The van der Waals surface area contributed by atoms with Crippen LogP contribution in [0.4, 0.5) is 0 Å². The molecule has 0 spiro atoms. The molecule has 38 heavy (non-hydrogen) atoms. The van der Waals surface area contributed by atoms with Crippen LogP contribution in [0.2, 0.25) is 0 Å². The molecular weight excluding hydrogens is 486 g/mol. The first-order chi connectivity index (χ1) is 18.4. The van der Waals surface area contributed by atoms with Gasteiger partial charge in [0.2, 0.25) is 5.60 Å². The summed E-state index contributed by atoms with van der Waals surface area (Å²) in [7, 11) is 0. The van der Waals surface area contributed by atoms with Crippen LogP contribution in [0, 0.1) is 0 Å². The standard InChI is InChI=1S/C30H35NO7/c1-3-19-37-27(36-4-2)17-18-31-28(32)23-15-13-22(14-16-23)21-38-26-12-8-11-25(20-26)30(35,29(33)34)24-9-6-5-7-10-24/h5-16,20,27,35H,3-4,17-19,21H2,1-2H3,(H,31,32)(H,33,34)/t27?,30-/m1/s1. The number of hydrogen-bond donors (Lipinski definition) is 3. The highest BCUT2D eigenvalue weighted by Crippen LogP contribution is 2.32. The molecule has 3 aromatic rings. The van der Waals surface area contributed by atoms with Crippen molar-refractivity contribution in [3.05, 3.63) is 101 Å². The molecule has 1 unspecified atom stereocenters. The first-order valence-corrected chi connectivity index (χ1v) is 12.7. The summed E-state index contributed by atoms with van der Waals surface area (Å²) in [6.45, 7) is 5.72. The van der Waals surface area contributed by atoms with Crippen LogP contribution >= 0.6 is 0 Å².